The van der Waals surface area contributed by atoms with Crippen LogP contribution in [0, 0.1) is 0 Å². The highest BCUT2D eigenvalue weighted by molar-refractivity contribution is 7.98. The SMILES string of the molecule is CNCc1cccc(CS(=O)(=O)NCCCCSC)c1. The molecule has 0 aliphatic heterocycles. The number of benzene rings is 1. The van der Waals surface area contributed by atoms with Crippen LogP contribution in [0.15, 0.2) is 24.3 Å². The van der Waals surface area contributed by atoms with Crippen molar-refractivity contribution in [2.75, 3.05) is 25.6 Å². The second kappa shape index (κ2) is 9.39. The van der Waals surface area contributed by atoms with Crippen molar-refractivity contribution in [2.24, 2.45) is 0 Å². The van der Waals surface area contributed by atoms with Gasteiger partial charge >= 0.3 is 0 Å². The van der Waals surface area contributed by atoms with Crippen molar-refractivity contribution in [3.05, 3.63) is 35.4 Å². The van der Waals surface area contributed by atoms with E-state index in [9.17, 15) is 8.42 Å². The van der Waals surface area contributed by atoms with Gasteiger partial charge in [-0.1, -0.05) is 24.3 Å². The molecule has 0 bridgehead atoms. The molecule has 0 amide bonds. The summed E-state index contributed by atoms with van der Waals surface area (Å²) in [6.45, 7) is 1.27. The van der Waals surface area contributed by atoms with Gasteiger partial charge in [0.1, 0.15) is 0 Å². The molecular formula is C14H24N2O2S2. The minimum absolute atomic E-state index is 0.0487. The molecule has 1 aromatic rings. The molecule has 0 aromatic heterocycles. The third-order valence-corrected chi connectivity index (χ3v) is 4.88. The van der Waals surface area contributed by atoms with Gasteiger partial charge in [-0.05, 0) is 43.0 Å². The van der Waals surface area contributed by atoms with Crippen molar-refractivity contribution in [2.45, 2.75) is 25.1 Å². The van der Waals surface area contributed by atoms with Crippen molar-refractivity contribution in [1.82, 2.24) is 10.0 Å². The van der Waals surface area contributed by atoms with Crippen LogP contribution in [0.3, 0.4) is 0 Å². The van der Waals surface area contributed by atoms with Crippen molar-refractivity contribution in [1.29, 1.82) is 0 Å². The van der Waals surface area contributed by atoms with E-state index in [2.05, 4.69) is 16.3 Å². The summed E-state index contributed by atoms with van der Waals surface area (Å²) in [6.07, 6.45) is 3.99. The Morgan fingerprint density at radius 1 is 1.20 bits per heavy atom. The number of rotatable bonds is 10. The second-order valence-corrected chi connectivity index (χ2v) is 7.50. The predicted octanol–water partition coefficient (Wildman–Crippen LogP) is 1.97. The smallest absolute Gasteiger partial charge is 0.215 e. The van der Waals surface area contributed by atoms with Gasteiger partial charge < -0.3 is 5.32 Å². The molecule has 20 heavy (non-hydrogen) atoms. The molecule has 1 rings (SSSR count). The number of hydrogen-bond acceptors (Lipinski definition) is 4. The molecular weight excluding hydrogens is 292 g/mol. The molecule has 0 saturated heterocycles. The van der Waals surface area contributed by atoms with Crippen LogP contribution in [-0.2, 0) is 22.3 Å². The van der Waals surface area contributed by atoms with Gasteiger partial charge in [-0.2, -0.15) is 11.8 Å². The molecule has 0 aliphatic carbocycles. The molecule has 6 heteroatoms. The summed E-state index contributed by atoms with van der Waals surface area (Å²) < 4.78 is 26.6. The molecule has 0 spiro atoms. The fourth-order valence-corrected chi connectivity index (χ4v) is 3.57. The largest absolute Gasteiger partial charge is 0.316 e. The first kappa shape index (κ1) is 17.5. The Labute approximate surface area is 126 Å². The quantitative estimate of drug-likeness (QED) is 0.648. The van der Waals surface area contributed by atoms with E-state index in [1.807, 2.05) is 31.3 Å². The molecule has 0 atom stereocenters. The molecule has 0 saturated carbocycles. The summed E-state index contributed by atoms with van der Waals surface area (Å²) in [6, 6.07) is 7.67. The van der Waals surface area contributed by atoms with Crippen molar-refractivity contribution < 1.29 is 8.42 Å². The van der Waals surface area contributed by atoms with Gasteiger partial charge in [0, 0.05) is 13.1 Å². The van der Waals surface area contributed by atoms with E-state index >= 15 is 0 Å². The Hall–Kier alpha value is -0.560. The summed E-state index contributed by atoms with van der Waals surface area (Å²) in [4.78, 5) is 0. The first-order valence-corrected chi connectivity index (χ1v) is 9.80. The van der Waals surface area contributed by atoms with Crippen molar-refractivity contribution in [3.8, 4) is 0 Å². The summed E-state index contributed by atoms with van der Waals surface area (Å²) in [5.74, 6) is 1.13. The predicted molar refractivity (Wildman–Crippen MR) is 87.4 cm³/mol. The number of unbranched alkanes of at least 4 members (excludes halogenated alkanes) is 1. The standard InChI is InChI=1S/C14H24N2O2S2/c1-15-11-13-6-5-7-14(10-13)12-20(17,18)16-8-3-4-9-19-2/h5-7,10,15-16H,3-4,8-9,11-12H2,1-2H3. The summed E-state index contributed by atoms with van der Waals surface area (Å²) in [5.41, 5.74) is 1.93. The molecule has 0 unspecified atom stereocenters. The highest BCUT2D eigenvalue weighted by Gasteiger charge is 2.10. The maximum absolute atomic E-state index is 12.0. The minimum Gasteiger partial charge on any atom is -0.316 e. The van der Waals surface area contributed by atoms with Crippen molar-refractivity contribution in [3.63, 3.8) is 0 Å². The van der Waals surface area contributed by atoms with Crippen LogP contribution in [-0.4, -0.2) is 34.0 Å². The summed E-state index contributed by atoms with van der Waals surface area (Å²) in [5, 5.41) is 3.06. The lowest BCUT2D eigenvalue weighted by Crippen LogP contribution is -2.26. The summed E-state index contributed by atoms with van der Waals surface area (Å²) >= 11 is 1.79. The number of hydrogen-bond donors (Lipinski definition) is 2. The molecule has 4 nitrogen and oxygen atoms in total. The van der Waals surface area contributed by atoms with Gasteiger partial charge in [-0.15, -0.1) is 0 Å². The van der Waals surface area contributed by atoms with Crippen LogP contribution < -0.4 is 10.0 Å². The van der Waals surface area contributed by atoms with Gasteiger partial charge in [0.15, 0.2) is 0 Å². The lowest BCUT2D eigenvalue weighted by molar-refractivity contribution is 0.577. The van der Waals surface area contributed by atoms with Gasteiger partial charge in [-0.25, -0.2) is 13.1 Å². The highest BCUT2D eigenvalue weighted by Crippen LogP contribution is 2.09. The van der Waals surface area contributed by atoms with Gasteiger partial charge in [-0.3, -0.25) is 0 Å². The maximum Gasteiger partial charge on any atom is 0.215 e. The Balaban J connectivity index is 2.47. The van der Waals surface area contributed by atoms with E-state index in [0.29, 0.717) is 6.54 Å². The van der Waals surface area contributed by atoms with E-state index in [1.54, 1.807) is 11.8 Å². The van der Waals surface area contributed by atoms with Crippen LogP contribution >= 0.6 is 11.8 Å². The monoisotopic (exact) mass is 316 g/mol. The highest BCUT2D eigenvalue weighted by atomic mass is 32.2. The zero-order valence-electron chi connectivity index (χ0n) is 12.2. The fraction of sp³-hybridized carbons (Fsp3) is 0.571. The molecule has 0 heterocycles. The van der Waals surface area contributed by atoms with Crippen LogP contribution in [0.4, 0.5) is 0 Å². The van der Waals surface area contributed by atoms with E-state index in [-0.39, 0.29) is 5.75 Å². The summed E-state index contributed by atoms with van der Waals surface area (Å²) in [7, 11) is -1.36. The molecule has 114 valence electrons. The molecule has 0 aliphatic rings. The topological polar surface area (TPSA) is 58.2 Å². The lowest BCUT2D eigenvalue weighted by atomic mass is 10.1. The van der Waals surface area contributed by atoms with Gasteiger partial charge in [0.05, 0.1) is 5.75 Å². The van der Waals surface area contributed by atoms with E-state index in [0.717, 1.165) is 36.3 Å². The Bertz CT molecular complexity index is 490. The Morgan fingerprint density at radius 3 is 2.65 bits per heavy atom. The molecule has 2 N–H and O–H groups in total. The molecule has 1 aromatic carbocycles. The zero-order chi connectivity index (χ0) is 14.8. The third-order valence-electron chi connectivity index (χ3n) is 2.83. The van der Waals surface area contributed by atoms with Crippen LogP contribution in [0.2, 0.25) is 0 Å². The fourth-order valence-electron chi connectivity index (χ4n) is 1.90. The second-order valence-electron chi connectivity index (χ2n) is 4.70. The third kappa shape index (κ3) is 7.28. The number of sulfonamides is 1. The minimum atomic E-state index is -3.23. The normalized spacial score (nSPS) is 11.7. The Kier molecular flexibility index (Phi) is 8.21. The first-order chi connectivity index (χ1) is 9.57. The maximum atomic E-state index is 12.0. The van der Waals surface area contributed by atoms with Gasteiger partial charge in [0.2, 0.25) is 10.0 Å². The average molecular weight is 316 g/mol. The van der Waals surface area contributed by atoms with Crippen molar-refractivity contribution >= 4 is 21.8 Å². The lowest BCUT2D eigenvalue weighted by Gasteiger charge is -2.08. The van der Waals surface area contributed by atoms with Crippen LogP contribution in [0.1, 0.15) is 24.0 Å². The Morgan fingerprint density at radius 2 is 1.95 bits per heavy atom. The molecule has 0 radical (unpaired) electrons. The van der Waals surface area contributed by atoms with Crippen LogP contribution in [0.5, 0.6) is 0 Å². The molecule has 0 fully saturated rings. The van der Waals surface area contributed by atoms with Gasteiger partial charge in [0.25, 0.3) is 0 Å². The number of nitrogens with one attached hydrogen (secondary N) is 2. The first-order valence-electron chi connectivity index (χ1n) is 6.76. The average Bonchev–Trinajstić information content (AvgIpc) is 2.38. The number of thioether (sulfide) groups is 1. The van der Waals surface area contributed by atoms with E-state index < -0.39 is 10.0 Å². The van der Waals surface area contributed by atoms with Crippen LogP contribution in [0.25, 0.3) is 0 Å². The van der Waals surface area contributed by atoms with E-state index in [4.69, 9.17) is 0 Å². The zero-order valence-corrected chi connectivity index (χ0v) is 13.8. The van der Waals surface area contributed by atoms with E-state index in [1.165, 1.54) is 0 Å².